The van der Waals surface area contributed by atoms with Gasteiger partial charge < -0.3 is 10.2 Å². The molecule has 1 unspecified atom stereocenters. The number of benzene rings is 1. The number of nitrogens with zero attached hydrogens (tertiary/aromatic N) is 3. The second-order valence-corrected chi connectivity index (χ2v) is 6.73. The van der Waals surface area contributed by atoms with E-state index in [0.29, 0.717) is 11.3 Å². The zero-order valence-electron chi connectivity index (χ0n) is 15.0. The van der Waals surface area contributed by atoms with Crippen molar-refractivity contribution in [3.8, 4) is 0 Å². The van der Waals surface area contributed by atoms with Gasteiger partial charge in [0.05, 0.1) is 6.04 Å². The normalized spacial score (nSPS) is 12.3. The fraction of sp³-hybridized carbons (Fsp3) is 0.389. The van der Waals surface area contributed by atoms with Crippen molar-refractivity contribution in [1.82, 2.24) is 14.9 Å². The third-order valence-corrected chi connectivity index (χ3v) is 4.28. The summed E-state index contributed by atoms with van der Waals surface area (Å²) in [5, 5.41) is 2.73. The number of carbonyl (C=O) groups excluding carboxylic acids is 1. The quantitative estimate of drug-likeness (QED) is 0.719. The number of hydrogen-bond donors (Lipinski definition) is 1. The largest absolute Gasteiger partial charge is 0.322 e. The summed E-state index contributed by atoms with van der Waals surface area (Å²) in [5.74, 6) is -0.671. The number of aryl methyl sites for hydroxylation is 1. The number of hydrogen-bond acceptors (Lipinski definition) is 3. The van der Waals surface area contributed by atoms with Gasteiger partial charge in [0.15, 0.2) is 5.82 Å². The van der Waals surface area contributed by atoms with Crippen LogP contribution in [-0.2, 0) is 0 Å². The van der Waals surface area contributed by atoms with Crippen molar-refractivity contribution in [1.29, 1.82) is 0 Å². The molecule has 0 fully saturated rings. The number of aromatic nitrogens is 2. The highest BCUT2D eigenvalue weighted by Crippen LogP contribution is 2.32. The molecule has 0 spiro atoms. The maximum absolute atomic E-state index is 12.7. The van der Waals surface area contributed by atoms with Gasteiger partial charge in [0.2, 0.25) is 0 Å². The number of alkyl halides is 2. The predicted molar refractivity (Wildman–Crippen MR) is 97.5 cm³/mol. The number of nitrogens with one attached hydrogen (secondary N) is 1. The van der Waals surface area contributed by atoms with Crippen LogP contribution in [0.15, 0.2) is 30.5 Å². The third-order valence-electron chi connectivity index (χ3n) is 3.97. The third kappa shape index (κ3) is 4.66. The van der Waals surface area contributed by atoms with Crippen LogP contribution in [0.5, 0.6) is 0 Å². The van der Waals surface area contributed by atoms with E-state index in [4.69, 9.17) is 11.6 Å². The molecule has 2 aromatic rings. The van der Waals surface area contributed by atoms with Gasteiger partial charge in [-0.25, -0.2) is 23.5 Å². The number of halogens is 3. The second-order valence-electron chi connectivity index (χ2n) is 6.37. The van der Waals surface area contributed by atoms with Crippen molar-refractivity contribution >= 4 is 23.3 Å². The van der Waals surface area contributed by atoms with Gasteiger partial charge in [0, 0.05) is 24.5 Å². The molecule has 1 atom stereocenters. The standard InChI is InChI=1S/C18H21ClF2N4O/c1-10(2)14(13-9-22-17(16(20)21)24-15(13)19)25(4)18(26)23-12-7-5-11(3)6-8-12/h5-10,14,16H,1-4H3,(H,23,26). The van der Waals surface area contributed by atoms with Gasteiger partial charge >= 0.3 is 6.03 Å². The Balaban J connectivity index is 2.25. The highest BCUT2D eigenvalue weighted by molar-refractivity contribution is 6.30. The Morgan fingerprint density at radius 1 is 1.23 bits per heavy atom. The maximum atomic E-state index is 12.7. The molecule has 26 heavy (non-hydrogen) atoms. The first kappa shape index (κ1) is 20.0. The summed E-state index contributed by atoms with van der Waals surface area (Å²) in [6, 6.07) is 6.58. The molecule has 0 saturated carbocycles. The molecule has 0 bridgehead atoms. The van der Waals surface area contributed by atoms with Gasteiger partial charge in [-0.2, -0.15) is 0 Å². The van der Waals surface area contributed by atoms with Gasteiger partial charge in [0.25, 0.3) is 6.43 Å². The van der Waals surface area contributed by atoms with Crippen LogP contribution in [0.4, 0.5) is 19.3 Å². The Kier molecular flexibility index (Phi) is 6.47. The lowest BCUT2D eigenvalue weighted by atomic mass is 9.97. The van der Waals surface area contributed by atoms with Crippen molar-refractivity contribution in [3.05, 3.63) is 52.6 Å². The summed E-state index contributed by atoms with van der Waals surface area (Å²) in [7, 11) is 1.62. The summed E-state index contributed by atoms with van der Waals surface area (Å²) >= 11 is 6.10. The van der Waals surface area contributed by atoms with Crippen LogP contribution in [0.3, 0.4) is 0 Å². The number of rotatable bonds is 5. The van der Waals surface area contributed by atoms with E-state index >= 15 is 0 Å². The first-order valence-electron chi connectivity index (χ1n) is 8.11. The molecule has 0 saturated heterocycles. The molecule has 1 heterocycles. The van der Waals surface area contributed by atoms with Gasteiger partial charge in [-0.1, -0.05) is 43.1 Å². The van der Waals surface area contributed by atoms with E-state index in [1.54, 1.807) is 19.2 Å². The molecule has 0 aliphatic heterocycles. The minimum absolute atomic E-state index is 0.0396. The predicted octanol–water partition coefficient (Wildman–Crippen LogP) is 5.24. The van der Waals surface area contributed by atoms with Gasteiger partial charge in [-0.15, -0.1) is 0 Å². The SMILES string of the molecule is Cc1ccc(NC(=O)N(C)C(c2cnc(C(F)F)nc2Cl)C(C)C)cc1. The average Bonchev–Trinajstić information content (AvgIpc) is 2.57. The van der Waals surface area contributed by atoms with Crippen LogP contribution in [0.1, 0.15) is 43.3 Å². The van der Waals surface area contributed by atoms with E-state index < -0.39 is 18.3 Å². The molecular formula is C18H21ClF2N4O. The van der Waals surface area contributed by atoms with Crippen LogP contribution >= 0.6 is 11.6 Å². The molecule has 2 rings (SSSR count). The van der Waals surface area contributed by atoms with Crippen LogP contribution < -0.4 is 5.32 Å². The van der Waals surface area contributed by atoms with E-state index in [1.807, 2.05) is 32.9 Å². The number of amides is 2. The monoisotopic (exact) mass is 382 g/mol. The van der Waals surface area contributed by atoms with Crippen LogP contribution in [0.2, 0.25) is 5.15 Å². The summed E-state index contributed by atoms with van der Waals surface area (Å²) in [6.45, 7) is 5.76. The summed E-state index contributed by atoms with van der Waals surface area (Å²) in [5.41, 5.74) is 2.16. The molecule has 0 aliphatic rings. The molecule has 140 valence electrons. The highest BCUT2D eigenvalue weighted by Gasteiger charge is 2.28. The maximum Gasteiger partial charge on any atom is 0.322 e. The molecular weight excluding hydrogens is 362 g/mol. The van der Waals surface area contributed by atoms with E-state index in [-0.39, 0.29) is 17.1 Å². The number of anilines is 1. The first-order chi connectivity index (χ1) is 12.2. The van der Waals surface area contributed by atoms with Gasteiger partial charge in [0.1, 0.15) is 5.15 Å². The lowest BCUT2D eigenvalue weighted by Crippen LogP contribution is -2.37. The zero-order valence-corrected chi connectivity index (χ0v) is 15.8. The minimum atomic E-state index is -2.80. The molecule has 8 heteroatoms. The topological polar surface area (TPSA) is 58.1 Å². The highest BCUT2D eigenvalue weighted by atomic mass is 35.5. The summed E-state index contributed by atoms with van der Waals surface area (Å²) in [6.07, 6.45) is -1.54. The Labute approximate surface area is 156 Å². The van der Waals surface area contributed by atoms with Crippen molar-refractivity contribution in [2.75, 3.05) is 12.4 Å². The van der Waals surface area contributed by atoms with Crippen molar-refractivity contribution in [3.63, 3.8) is 0 Å². The smallest absolute Gasteiger partial charge is 0.320 e. The van der Waals surface area contributed by atoms with E-state index in [9.17, 15) is 13.6 Å². The summed E-state index contributed by atoms with van der Waals surface area (Å²) < 4.78 is 25.5. The minimum Gasteiger partial charge on any atom is -0.320 e. The Hall–Kier alpha value is -2.28. The van der Waals surface area contributed by atoms with Crippen LogP contribution in [0.25, 0.3) is 0 Å². The van der Waals surface area contributed by atoms with Gasteiger partial charge in [-0.3, -0.25) is 0 Å². The molecule has 1 N–H and O–H groups in total. The Morgan fingerprint density at radius 2 is 1.85 bits per heavy atom. The molecule has 1 aromatic carbocycles. The van der Waals surface area contributed by atoms with Gasteiger partial charge in [-0.05, 0) is 25.0 Å². The lowest BCUT2D eigenvalue weighted by Gasteiger charge is -2.32. The van der Waals surface area contributed by atoms with Crippen LogP contribution in [-0.4, -0.2) is 27.9 Å². The molecule has 5 nitrogen and oxygen atoms in total. The zero-order chi connectivity index (χ0) is 19.4. The first-order valence-corrected chi connectivity index (χ1v) is 8.49. The second kappa shape index (κ2) is 8.40. The molecule has 2 amide bonds. The molecule has 0 radical (unpaired) electrons. The van der Waals surface area contributed by atoms with Crippen LogP contribution in [0, 0.1) is 12.8 Å². The molecule has 0 aliphatic carbocycles. The fourth-order valence-electron chi connectivity index (χ4n) is 2.68. The lowest BCUT2D eigenvalue weighted by molar-refractivity contribution is 0.139. The van der Waals surface area contributed by atoms with E-state index in [0.717, 1.165) is 5.56 Å². The van der Waals surface area contributed by atoms with Crippen molar-refractivity contribution in [2.45, 2.75) is 33.2 Å². The van der Waals surface area contributed by atoms with Crippen molar-refractivity contribution < 1.29 is 13.6 Å². The Bertz CT molecular complexity index is 768. The van der Waals surface area contributed by atoms with E-state index in [2.05, 4.69) is 15.3 Å². The average molecular weight is 383 g/mol. The molecule has 1 aromatic heterocycles. The Morgan fingerprint density at radius 3 is 2.35 bits per heavy atom. The number of carbonyl (C=O) groups is 1. The van der Waals surface area contributed by atoms with Crippen molar-refractivity contribution in [2.24, 2.45) is 5.92 Å². The summed E-state index contributed by atoms with van der Waals surface area (Å²) in [4.78, 5) is 21.4. The fourth-order valence-corrected chi connectivity index (χ4v) is 2.92. The van der Waals surface area contributed by atoms with E-state index in [1.165, 1.54) is 11.1 Å². The number of urea groups is 1.